The molecule has 0 saturated heterocycles. The van der Waals surface area contributed by atoms with Gasteiger partial charge in [0.25, 0.3) is 0 Å². The molecule has 0 atom stereocenters. The minimum Gasteiger partial charge on any atom is -0.479 e. The molecule has 0 aliphatic rings. The lowest BCUT2D eigenvalue weighted by Gasteiger charge is -2.12. The van der Waals surface area contributed by atoms with Gasteiger partial charge >= 0.3 is 5.97 Å². The monoisotopic (exact) mass is 420 g/mol. The van der Waals surface area contributed by atoms with E-state index in [1.54, 1.807) is 30.3 Å². The lowest BCUT2D eigenvalue weighted by Crippen LogP contribution is -2.11. The second kappa shape index (κ2) is 9.01. The molecule has 0 fully saturated rings. The van der Waals surface area contributed by atoms with E-state index in [2.05, 4.69) is 0 Å². The maximum Gasteiger partial charge on any atom is 0.341 e. The van der Waals surface area contributed by atoms with Gasteiger partial charge in [0.1, 0.15) is 11.6 Å². The smallest absolute Gasteiger partial charge is 0.341 e. The number of aliphatic carboxylic acids is 1. The van der Waals surface area contributed by atoms with Gasteiger partial charge in [-0.1, -0.05) is 29.8 Å². The second-order valence-electron chi connectivity index (χ2n) is 6.34. The van der Waals surface area contributed by atoms with Crippen molar-refractivity contribution >= 4 is 17.6 Å². The summed E-state index contributed by atoms with van der Waals surface area (Å²) < 4.78 is 47.0. The van der Waals surface area contributed by atoms with Gasteiger partial charge in [0, 0.05) is 10.6 Å². The van der Waals surface area contributed by atoms with Gasteiger partial charge in [0.15, 0.2) is 18.2 Å². The lowest BCUT2D eigenvalue weighted by molar-refractivity contribution is -0.139. The number of aryl methyl sites for hydroxylation is 1. The van der Waals surface area contributed by atoms with E-state index in [-0.39, 0.29) is 30.0 Å². The van der Waals surface area contributed by atoms with Crippen LogP contribution in [0.3, 0.4) is 0 Å². The number of carbonyl (C=O) groups is 1. The fraction of sp³-hybridized carbons (Fsp3) is 0.136. The molecular weight excluding hydrogens is 405 g/mol. The van der Waals surface area contributed by atoms with E-state index < -0.39 is 24.2 Å². The highest BCUT2D eigenvalue weighted by molar-refractivity contribution is 6.31. The number of benzene rings is 3. The van der Waals surface area contributed by atoms with Crippen molar-refractivity contribution in [1.29, 1.82) is 0 Å². The van der Waals surface area contributed by atoms with Crippen molar-refractivity contribution in [3.8, 4) is 16.9 Å². The highest BCUT2D eigenvalue weighted by atomic mass is 35.5. The van der Waals surface area contributed by atoms with Gasteiger partial charge < -0.3 is 9.84 Å². The first kappa shape index (κ1) is 20.7. The summed E-state index contributed by atoms with van der Waals surface area (Å²) >= 11 is 6.23. The summed E-state index contributed by atoms with van der Waals surface area (Å²) in [4.78, 5) is 10.6. The quantitative estimate of drug-likeness (QED) is 0.535. The number of rotatable bonds is 7. The molecule has 0 aliphatic heterocycles. The summed E-state index contributed by atoms with van der Waals surface area (Å²) in [7, 11) is 0. The molecule has 0 heterocycles. The Morgan fingerprint density at radius 1 is 0.966 bits per heavy atom. The number of carboxylic acid groups (broad SMARTS) is 1. The summed E-state index contributed by atoms with van der Waals surface area (Å²) in [5.41, 5.74) is 1.80. The Balaban J connectivity index is 1.83. The summed E-state index contributed by atoms with van der Waals surface area (Å²) in [6.45, 7) is -0.733. The molecule has 3 nitrogen and oxygen atoms in total. The van der Waals surface area contributed by atoms with E-state index in [0.29, 0.717) is 16.1 Å². The van der Waals surface area contributed by atoms with Crippen LogP contribution >= 0.6 is 11.6 Å². The van der Waals surface area contributed by atoms with Crippen LogP contribution in [0, 0.1) is 17.5 Å². The molecule has 0 saturated carbocycles. The summed E-state index contributed by atoms with van der Waals surface area (Å²) in [5, 5.41) is 9.07. The fourth-order valence-electron chi connectivity index (χ4n) is 2.93. The maximum absolute atomic E-state index is 14.5. The second-order valence-corrected chi connectivity index (χ2v) is 6.74. The molecule has 0 aromatic heterocycles. The van der Waals surface area contributed by atoms with Crippen molar-refractivity contribution in [2.24, 2.45) is 0 Å². The molecular formula is C22H16ClF3O3. The van der Waals surface area contributed by atoms with Gasteiger partial charge in [0.05, 0.1) is 0 Å². The van der Waals surface area contributed by atoms with Crippen molar-refractivity contribution in [1.82, 2.24) is 0 Å². The van der Waals surface area contributed by atoms with Crippen LogP contribution in [0.4, 0.5) is 13.2 Å². The van der Waals surface area contributed by atoms with Crippen LogP contribution in [0.5, 0.6) is 5.75 Å². The van der Waals surface area contributed by atoms with Crippen LogP contribution < -0.4 is 4.74 Å². The minimum absolute atomic E-state index is 0.0196. The molecule has 29 heavy (non-hydrogen) atoms. The lowest BCUT2D eigenvalue weighted by atomic mass is 9.98. The third-order valence-electron chi connectivity index (χ3n) is 4.35. The Bertz CT molecular complexity index is 1050. The fourth-order valence-corrected chi connectivity index (χ4v) is 3.14. The van der Waals surface area contributed by atoms with Crippen molar-refractivity contribution < 1.29 is 27.8 Å². The SMILES string of the molecule is O=C(O)COc1ccc(F)c(CCc2cc(-c3cccc(F)c3)ccc2Cl)c1F. The number of ether oxygens (including phenoxy) is 1. The van der Waals surface area contributed by atoms with Gasteiger partial charge in [-0.15, -0.1) is 0 Å². The average molecular weight is 421 g/mol. The number of halogens is 4. The van der Waals surface area contributed by atoms with E-state index >= 15 is 0 Å². The van der Waals surface area contributed by atoms with Crippen LogP contribution in [0.25, 0.3) is 11.1 Å². The van der Waals surface area contributed by atoms with Crippen molar-refractivity contribution in [3.05, 3.63) is 88.2 Å². The van der Waals surface area contributed by atoms with Gasteiger partial charge in [-0.3, -0.25) is 0 Å². The van der Waals surface area contributed by atoms with Crippen molar-refractivity contribution in [2.45, 2.75) is 12.8 Å². The Morgan fingerprint density at radius 3 is 2.45 bits per heavy atom. The Hall–Kier alpha value is -2.99. The Labute approximate surface area is 170 Å². The number of hydrogen-bond donors (Lipinski definition) is 1. The molecule has 0 spiro atoms. The average Bonchev–Trinajstić information content (AvgIpc) is 2.68. The highest BCUT2D eigenvalue weighted by Gasteiger charge is 2.16. The zero-order valence-corrected chi connectivity index (χ0v) is 15.8. The summed E-state index contributed by atoms with van der Waals surface area (Å²) in [6, 6.07) is 13.3. The zero-order valence-electron chi connectivity index (χ0n) is 15.1. The summed E-state index contributed by atoms with van der Waals surface area (Å²) in [5.74, 6) is -3.67. The van der Waals surface area contributed by atoms with E-state index in [1.807, 2.05) is 0 Å². The topological polar surface area (TPSA) is 46.5 Å². The Kier molecular flexibility index (Phi) is 6.44. The predicted octanol–water partition coefficient (Wildman–Crippen LogP) is 5.67. The molecule has 150 valence electrons. The minimum atomic E-state index is -1.27. The van der Waals surface area contributed by atoms with Gasteiger partial charge in [-0.05, 0) is 65.9 Å². The van der Waals surface area contributed by atoms with E-state index in [1.165, 1.54) is 12.1 Å². The van der Waals surface area contributed by atoms with Gasteiger partial charge in [-0.2, -0.15) is 0 Å². The van der Waals surface area contributed by atoms with Crippen molar-refractivity contribution in [3.63, 3.8) is 0 Å². The van der Waals surface area contributed by atoms with Crippen LogP contribution in [0.2, 0.25) is 5.02 Å². The molecule has 0 aliphatic carbocycles. The van der Waals surface area contributed by atoms with Crippen LogP contribution in [-0.2, 0) is 17.6 Å². The molecule has 7 heteroatoms. The molecule has 0 unspecified atom stereocenters. The molecule has 0 amide bonds. The number of carboxylic acids is 1. The van der Waals surface area contributed by atoms with Crippen LogP contribution in [0.15, 0.2) is 54.6 Å². The zero-order chi connectivity index (χ0) is 21.0. The van der Waals surface area contributed by atoms with E-state index in [0.717, 1.165) is 17.7 Å². The molecule has 3 aromatic carbocycles. The molecule has 1 N–H and O–H groups in total. The number of hydrogen-bond acceptors (Lipinski definition) is 2. The summed E-state index contributed by atoms with van der Waals surface area (Å²) in [6.07, 6.45) is 0.201. The molecule has 0 radical (unpaired) electrons. The van der Waals surface area contributed by atoms with Crippen LogP contribution in [-0.4, -0.2) is 17.7 Å². The molecule has 3 aromatic rings. The largest absolute Gasteiger partial charge is 0.479 e. The first-order valence-electron chi connectivity index (χ1n) is 8.71. The van der Waals surface area contributed by atoms with E-state index in [4.69, 9.17) is 21.4 Å². The van der Waals surface area contributed by atoms with Crippen LogP contribution in [0.1, 0.15) is 11.1 Å². The van der Waals surface area contributed by atoms with Crippen molar-refractivity contribution in [2.75, 3.05) is 6.61 Å². The first-order chi connectivity index (χ1) is 13.8. The normalized spacial score (nSPS) is 10.8. The standard InChI is InChI=1S/C22H16ClF3O3/c23-18-7-5-14(13-2-1-3-16(24)11-13)10-15(18)4-6-17-19(25)8-9-20(22(17)26)29-12-21(27)28/h1-3,5,7-11H,4,6,12H2,(H,27,28). The predicted molar refractivity (Wildman–Crippen MR) is 104 cm³/mol. The third-order valence-corrected chi connectivity index (χ3v) is 4.72. The molecule has 3 rings (SSSR count). The van der Waals surface area contributed by atoms with Gasteiger partial charge in [0.2, 0.25) is 0 Å². The maximum atomic E-state index is 14.5. The Morgan fingerprint density at radius 2 is 1.72 bits per heavy atom. The third kappa shape index (κ3) is 5.09. The van der Waals surface area contributed by atoms with E-state index in [9.17, 15) is 18.0 Å². The van der Waals surface area contributed by atoms with Gasteiger partial charge in [-0.25, -0.2) is 18.0 Å². The first-order valence-corrected chi connectivity index (χ1v) is 9.09. The molecule has 0 bridgehead atoms. The highest BCUT2D eigenvalue weighted by Crippen LogP contribution is 2.29.